The van der Waals surface area contributed by atoms with Gasteiger partial charge in [0.15, 0.2) is 0 Å². The first-order valence-corrected chi connectivity index (χ1v) is 5.77. The third kappa shape index (κ3) is 6.01. The van der Waals surface area contributed by atoms with Crippen molar-refractivity contribution in [3.63, 3.8) is 0 Å². The molecule has 0 bridgehead atoms. The molecule has 0 fully saturated rings. The minimum absolute atomic E-state index is 0.661. The van der Waals surface area contributed by atoms with Gasteiger partial charge in [0.05, 0.1) is 0 Å². The van der Waals surface area contributed by atoms with Crippen LogP contribution in [0, 0.1) is 17.8 Å². The molecule has 82 valence electrons. The van der Waals surface area contributed by atoms with Crippen LogP contribution in [0.15, 0.2) is 24.3 Å². The van der Waals surface area contributed by atoms with E-state index >= 15 is 0 Å². The lowest BCUT2D eigenvalue weighted by molar-refractivity contribution is 0.502. The van der Waals surface area contributed by atoms with E-state index in [2.05, 4.69) is 53.3 Å². The first kappa shape index (κ1) is 13.5. The molecule has 0 spiro atoms. The van der Waals surface area contributed by atoms with E-state index in [9.17, 15) is 0 Å². The summed E-state index contributed by atoms with van der Waals surface area (Å²) in [6.45, 7) is 15.2. The van der Waals surface area contributed by atoms with Crippen molar-refractivity contribution in [3.8, 4) is 0 Å². The molecule has 0 radical (unpaired) electrons. The average molecular weight is 194 g/mol. The van der Waals surface area contributed by atoms with Crippen LogP contribution in [0.25, 0.3) is 0 Å². The van der Waals surface area contributed by atoms with E-state index in [0.717, 1.165) is 5.92 Å². The van der Waals surface area contributed by atoms with E-state index in [1.807, 2.05) is 0 Å². The molecule has 0 amide bonds. The second-order valence-corrected chi connectivity index (χ2v) is 4.86. The fourth-order valence-corrected chi connectivity index (χ4v) is 1.13. The Bertz CT molecular complexity index is 186. The Morgan fingerprint density at radius 2 is 1.79 bits per heavy atom. The monoisotopic (exact) mass is 194 g/mol. The number of allylic oxidation sites excluding steroid dienone is 3. The number of hydrogen-bond acceptors (Lipinski definition) is 0. The maximum absolute atomic E-state index is 3.97. The molecule has 0 saturated heterocycles. The molecule has 2 unspecified atom stereocenters. The van der Waals surface area contributed by atoms with Gasteiger partial charge in [-0.3, -0.25) is 0 Å². The van der Waals surface area contributed by atoms with Gasteiger partial charge in [-0.25, -0.2) is 0 Å². The first-order valence-electron chi connectivity index (χ1n) is 5.77. The van der Waals surface area contributed by atoms with Crippen molar-refractivity contribution in [1.82, 2.24) is 0 Å². The molecule has 0 aliphatic carbocycles. The van der Waals surface area contributed by atoms with Crippen molar-refractivity contribution >= 4 is 0 Å². The van der Waals surface area contributed by atoms with Crippen LogP contribution < -0.4 is 0 Å². The largest absolute Gasteiger partial charge is 0.0999 e. The molecule has 0 heteroatoms. The van der Waals surface area contributed by atoms with Crippen molar-refractivity contribution in [2.45, 2.75) is 47.5 Å². The smallest absolute Gasteiger partial charge is 0.0234 e. The molecule has 0 aromatic rings. The molecule has 0 nitrogen and oxygen atoms in total. The van der Waals surface area contributed by atoms with E-state index in [-0.39, 0.29) is 0 Å². The average Bonchev–Trinajstić information content (AvgIpc) is 2.11. The van der Waals surface area contributed by atoms with Gasteiger partial charge in [-0.2, -0.15) is 0 Å². The summed E-state index contributed by atoms with van der Waals surface area (Å²) in [5.74, 6) is 2.12. The summed E-state index contributed by atoms with van der Waals surface area (Å²) in [6.07, 6.45) is 7.08. The molecule has 0 N–H and O–H groups in total. The normalized spacial score (nSPS) is 16.1. The lowest BCUT2D eigenvalue weighted by Crippen LogP contribution is -1.99. The van der Waals surface area contributed by atoms with Crippen LogP contribution in [-0.2, 0) is 0 Å². The summed E-state index contributed by atoms with van der Waals surface area (Å²) < 4.78 is 0. The first-order chi connectivity index (χ1) is 6.45. The van der Waals surface area contributed by atoms with Gasteiger partial charge in [-0.05, 0) is 37.5 Å². The third-order valence-corrected chi connectivity index (χ3v) is 3.10. The molecule has 0 aromatic carbocycles. The fraction of sp³-hybridized carbons (Fsp3) is 0.714. The Morgan fingerprint density at radius 3 is 2.21 bits per heavy atom. The predicted molar refractivity (Wildman–Crippen MR) is 66.4 cm³/mol. The topological polar surface area (TPSA) is 0 Å². The zero-order chi connectivity index (χ0) is 11.1. The van der Waals surface area contributed by atoms with Gasteiger partial charge in [0.25, 0.3) is 0 Å². The summed E-state index contributed by atoms with van der Waals surface area (Å²) >= 11 is 0. The lowest BCUT2D eigenvalue weighted by atomic mass is 9.95. The van der Waals surface area contributed by atoms with Crippen molar-refractivity contribution < 1.29 is 0 Å². The fourth-order valence-electron chi connectivity index (χ4n) is 1.13. The minimum atomic E-state index is 0.661. The third-order valence-electron chi connectivity index (χ3n) is 3.10. The van der Waals surface area contributed by atoms with Gasteiger partial charge in [-0.1, -0.05) is 52.0 Å². The van der Waals surface area contributed by atoms with E-state index < -0.39 is 0 Å². The number of hydrogen-bond donors (Lipinski definition) is 0. The molecule has 2 atom stereocenters. The molecule has 0 aliphatic heterocycles. The van der Waals surface area contributed by atoms with Gasteiger partial charge in [0, 0.05) is 0 Å². The van der Waals surface area contributed by atoms with E-state index in [1.54, 1.807) is 0 Å². The quantitative estimate of drug-likeness (QED) is 0.531. The molecule has 0 rings (SSSR count). The summed E-state index contributed by atoms with van der Waals surface area (Å²) in [7, 11) is 0. The minimum Gasteiger partial charge on any atom is -0.0999 e. The van der Waals surface area contributed by atoms with E-state index in [0.29, 0.717) is 11.8 Å². The van der Waals surface area contributed by atoms with Crippen LogP contribution in [0.5, 0.6) is 0 Å². The number of rotatable bonds is 6. The van der Waals surface area contributed by atoms with Crippen LogP contribution in [0.1, 0.15) is 47.5 Å². The Balaban J connectivity index is 3.68. The van der Waals surface area contributed by atoms with Gasteiger partial charge < -0.3 is 0 Å². The lowest BCUT2D eigenvalue weighted by Gasteiger charge is -2.11. The Kier molecular flexibility index (Phi) is 6.61. The summed E-state index contributed by atoms with van der Waals surface area (Å²) in [5, 5.41) is 0. The van der Waals surface area contributed by atoms with Gasteiger partial charge in [0.1, 0.15) is 0 Å². The highest BCUT2D eigenvalue weighted by Crippen LogP contribution is 2.16. The van der Waals surface area contributed by atoms with Gasteiger partial charge >= 0.3 is 0 Å². The summed E-state index contributed by atoms with van der Waals surface area (Å²) in [6, 6.07) is 0. The van der Waals surface area contributed by atoms with Gasteiger partial charge in [-0.15, -0.1) is 0 Å². The maximum Gasteiger partial charge on any atom is -0.0234 e. The van der Waals surface area contributed by atoms with Crippen molar-refractivity contribution in [1.29, 1.82) is 0 Å². The van der Waals surface area contributed by atoms with Crippen LogP contribution in [0.4, 0.5) is 0 Å². The molecule has 0 aromatic heterocycles. The van der Waals surface area contributed by atoms with Crippen LogP contribution in [0.2, 0.25) is 0 Å². The Hall–Kier alpha value is -0.520. The van der Waals surface area contributed by atoms with Crippen molar-refractivity contribution in [2.24, 2.45) is 17.8 Å². The Morgan fingerprint density at radius 1 is 1.21 bits per heavy atom. The summed E-state index contributed by atoms with van der Waals surface area (Å²) in [4.78, 5) is 0. The molecular weight excluding hydrogens is 168 g/mol. The molecular formula is C14H26. The van der Waals surface area contributed by atoms with Crippen LogP contribution in [-0.4, -0.2) is 0 Å². The molecule has 0 saturated carbocycles. The predicted octanol–water partition coefficient (Wildman–Crippen LogP) is 4.83. The second-order valence-electron chi connectivity index (χ2n) is 4.86. The SMILES string of the molecule is C=C(C)C(C)CCC=CC(C)C(C)C. The van der Waals surface area contributed by atoms with Crippen molar-refractivity contribution in [3.05, 3.63) is 24.3 Å². The molecule has 0 heterocycles. The highest BCUT2D eigenvalue weighted by molar-refractivity contribution is 4.95. The van der Waals surface area contributed by atoms with E-state index in [4.69, 9.17) is 0 Å². The Labute approximate surface area is 90.1 Å². The van der Waals surface area contributed by atoms with Crippen LogP contribution >= 0.6 is 0 Å². The molecule has 14 heavy (non-hydrogen) atoms. The van der Waals surface area contributed by atoms with Crippen molar-refractivity contribution in [2.75, 3.05) is 0 Å². The highest BCUT2D eigenvalue weighted by Gasteiger charge is 2.02. The van der Waals surface area contributed by atoms with Gasteiger partial charge in [0.2, 0.25) is 0 Å². The van der Waals surface area contributed by atoms with E-state index in [1.165, 1.54) is 18.4 Å². The zero-order valence-corrected chi connectivity index (χ0v) is 10.5. The maximum atomic E-state index is 3.97. The summed E-state index contributed by atoms with van der Waals surface area (Å²) in [5.41, 5.74) is 1.30. The molecule has 0 aliphatic rings. The highest BCUT2D eigenvalue weighted by atomic mass is 14.1. The van der Waals surface area contributed by atoms with Crippen LogP contribution in [0.3, 0.4) is 0 Å². The zero-order valence-electron chi connectivity index (χ0n) is 10.5. The second kappa shape index (κ2) is 6.86. The standard InChI is InChI=1S/C14H26/c1-11(2)13(5)9-7-8-10-14(6)12(3)4/h8,10,12-14H,1,7,9H2,2-6H3.